The average Bonchev–Trinajstić information content (AvgIpc) is 2.62. The molecule has 0 saturated heterocycles. The summed E-state index contributed by atoms with van der Waals surface area (Å²) in [6.07, 6.45) is -0.408. The molecule has 0 spiro atoms. The number of aliphatic hydroxyl groups is 1. The van der Waals surface area contributed by atoms with Crippen LogP contribution in [0.5, 0.6) is 0 Å². The first-order valence-electron chi connectivity index (χ1n) is 9.16. The topological polar surface area (TPSA) is 83.8 Å². The Kier molecular flexibility index (Phi) is 7.53. The van der Waals surface area contributed by atoms with Gasteiger partial charge >= 0.3 is 5.97 Å². The molecule has 0 bridgehead atoms. The number of hydrogen-bond acceptors (Lipinski definition) is 4. The molecule has 2 atom stereocenters. The van der Waals surface area contributed by atoms with Crippen molar-refractivity contribution in [2.75, 3.05) is 13.3 Å². The summed E-state index contributed by atoms with van der Waals surface area (Å²) in [7, 11) is -2.12. The van der Waals surface area contributed by atoms with E-state index in [0.717, 1.165) is 27.8 Å². The van der Waals surface area contributed by atoms with Crippen LogP contribution in [0.15, 0.2) is 36.1 Å². The van der Waals surface area contributed by atoms with Gasteiger partial charge in [-0.1, -0.05) is 23.8 Å². The van der Waals surface area contributed by atoms with Gasteiger partial charge in [-0.15, -0.1) is 0 Å². The zero-order valence-corrected chi connectivity index (χ0v) is 17.9. The third-order valence-corrected chi connectivity index (χ3v) is 6.80. The highest BCUT2D eigenvalue weighted by Gasteiger charge is 2.24. The molecule has 2 unspecified atom stereocenters. The molecule has 0 fully saturated rings. The van der Waals surface area contributed by atoms with Crippen molar-refractivity contribution in [1.29, 1.82) is 0 Å². The number of benzene rings is 2. The molecule has 156 valence electrons. The molecule has 0 heterocycles. The molecule has 2 N–H and O–H groups in total. The number of aliphatic hydroxyl groups excluding tert-OH is 1. The Labute approximate surface area is 170 Å². The van der Waals surface area contributed by atoms with E-state index in [-0.39, 0.29) is 12.0 Å². The van der Waals surface area contributed by atoms with Crippen molar-refractivity contribution < 1.29 is 28.5 Å². The van der Waals surface area contributed by atoms with Crippen molar-refractivity contribution in [3.63, 3.8) is 0 Å². The highest BCUT2D eigenvalue weighted by Crippen LogP contribution is 2.49. The highest BCUT2D eigenvalue weighted by molar-refractivity contribution is 7.62. The maximum Gasteiger partial charge on any atom is 0.305 e. The Morgan fingerprint density at radius 1 is 1.21 bits per heavy atom. The van der Waals surface area contributed by atoms with Crippen molar-refractivity contribution in [3.8, 4) is 11.1 Å². The lowest BCUT2D eigenvalue weighted by Gasteiger charge is -2.17. The smallest absolute Gasteiger partial charge is 0.305 e. The van der Waals surface area contributed by atoms with Crippen LogP contribution in [0.1, 0.15) is 28.7 Å². The monoisotopic (exact) mass is 420 g/mol. The predicted molar refractivity (Wildman–Crippen MR) is 113 cm³/mol. The Morgan fingerprint density at radius 3 is 2.48 bits per heavy atom. The molecule has 0 aromatic heterocycles. The Bertz CT molecular complexity index is 983. The third kappa shape index (κ3) is 6.10. The number of aliphatic carboxylic acids is 1. The first-order valence-corrected chi connectivity index (χ1v) is 11.0. The normalized spacial score (nSPS) is 14.7. The van der Waals surface area contributed by atoms with Crippen molar-refractivity contribution >= 4 is 19.4 Å². The van der Waals surface area contributed by atoms with Crippen LogP contribution in [0, 0.1) is 26.6 Å². The third-order valence-electron chi connectivity index (χ3n) is 4.65. The maximum atomic E-state index is 13.7. The van der Waals surface area contributed by atoms with Gasteiger partial charge in [0.25, 0.3) is 0 Å². The second-order valence-corrected chi connectivity index (χ2v) is 9.65. The van der Waals surface area contributed by atoms with E-state index in [9.17, 15) is 18.9 Å². The van der Waals surface area contributed by atoms with E-state index in [0.29, 0.717) is 5.56 Å². The Hall–Kier alpha value is -2.27. The van der Waals surface area contributed by atoms with Crippen LogP contribution in [0.3, 0.4) is 0 Å². The van der Waals surface area contributed by atoms with Crippen LogP contribution in [-0.4, -0.2) is 35.6 Å². The number of carboxylic acids is 1. The van der Waals surface area contributed by atoms with Crippen molar-refractivity contribution in [1.82, 2.24) is 0 Å². The minimum absolute atomic E-state index is 0.286. The van der Waals surface area contributed by atoms with Gasteiger partial charge in [0.2, 0.25) is 7.37 Å². The number of halogens is 1. The standard InChI is InChI=1S/C22H26FO5P/c1-14-9-15(2)19(20(10-14)17-5-6-21(23)16(3)11-17)7-8-29(27,28-4)13-18(24)12-22(25)26/h5-11,18,24H,12-13H2,1-4H3,(H,25,26)/b8-7+. The molecule has 5 nitrogen and oxygen atoms in total. The number of aryl methyl sites for hydroxylation is 3. The van der Waals surface area contributed by atoms with E-state index >= 15 is 0 Å². The molecule has 2 aromatic rings. The zero-order valence-electron chi connectivity index (χ0n) is 17.0. The molecule has 0 aliphatic carbocycles. The second-order valence-electron chi connectivity index (χ2n) is 7.17. The molecule has 2 aromatic carbocycles. The Morgan fingerprint density at radius 2 is 1.90 bits per heavy atom. The summed E-state index contributed by atoms with van der Waals surface area (Å²) >= 11 is 0. The molecule has 0 aliphatic heterocycles. The van der Waals surface area contributed by atoms with Gasteiger partial charge in [0.1, 0.15) is 5.82 Å². The SMILES string of the molecule is COP(=O)(/C=C/c1c(C)cc(C)cc1-c1ccc(F)c(C)c1)CC(O)CC(=O)O. The van der Waals surface area contributed by atoms with E-state index in [1.807, 2.05) is 26.0 Å². The number of rotatable bonds is 8. The van der Waals surface area contributed by atoms with Gasteiger partial charge in [0.15, 0.2) is 0 Å². The van der Waals surface area contributed by atoms with Crippen LogP contribution in [0.25, 0.3) is 17.2 Å². The maximum absolute atomic E-state index is 13.7. The quantitative estimate of drug-likeness (QED) is 0.577. The summed E-state index contributed by atoms with van der Waals surface area (Å²) in [6.45, 7) is 5.58. The highest BCUT2D eigenvalue weighted by atomic mass is 31.2. The van der Waals surface area contributed by atoms with Crippen molar-refractivity contribution in [2.45, 2.75) is 33.3 Å². The predicted octanol–water partition coefficient (Wildman–Crippen LogP) is 5.15. The first kappa shape index (κ1) is 23.0. The molecular weight excluding hydrogens is 394 g/mol. The van der Waals surface area contributed by atoms with Crippen molar-refractivity contribution in [3.05, 3.63) is 64.2 Å². The lowest BCUT2D eigenvalue weighted by molar-refractivity contribution is -0.138. The molecular formula is C22H26FO5P. The number of hydrogen-bond donors (Lipinski definition) is 2. The summed E-state index contributed by atoms with van der Waals surface area (Å²) < 4.78 is 31.8. The summed E-state index contributed by atoms with van der Waals surface area (Å²) in [5.74, 6) is -0.0608. The van der Waals surface area contributed by atoms with Gasteiger partial charge in [0, 0.05) is 12.9 Å². The fourth-order valence-corrected chi connectivity index (χ4v) is 4.68. The first-order chi connectivity index (χ1) is 13.5. The summed E-state index contributed by atoms with van der Waals surface area (Å²) in [4.78, 5) is 10.8. The van der Waals surface area contributed by atoms with Crippen LogP contribution in [-0.2, 0) is 13.9 Å². The van der Waals surface area contributed by atoms with E-state index in [2.05, 4.69) is 0 Å². The number of carboxylic acid groups (broad SMARTS) is 1. The van der Waals surface area contributed by atoms with E-state index in [1.165, 1.54) is 19.0 Å². The van der Waals surface area contributed by atoms with Crippen LogP contribution >= 0.6 is 7.37 Å². The van der Waals surface area contributed by atoms with Crippen LogP contribution < -0.4 is 0 Å². The lowest BCUT2D eigenvalue weighted by Crippen LogP contribution is -2.17. The van der Waals surface area contributed by atoms with Gasteiger partial charge in [-0.3, -0.25) is 9.36 Å². The summed E-state index contributed by atoms with van der Waals surface area (Å²) in [6, 6.07) is 8.82. The van der Waals surface area contributed by atoms with Crippen LogP contribution in [0.2, 0.25) is 0 Å². The molecule has 2 rings (SSSR count). The minimum Gasteiger partial charge on any atom is -0.481 e. The molecule has 29 heavy (non-hydrogen) atoms. The second kappa shape index (κ2) is 9.49. The Balaban J connectivity index is 2.46. The molecule has 0 saturated carbocycles. The lowest BCUT2D eigenvalue weighted by atomic mass is 9.93. The number of carbonyl (C=O) groups is 1. The summed E-state index contributed by atoms with van der Waals surface area (Å²) in [5.41, 5.74) is 4.97. The largest absolute Gasteiger partial charge is 0.481 e. The van der Waals surface area contributed by atoms with E-state index in [1.54, 1.807) is 25.1 Å². The molecule has 0 aliphatic rings. The van der Waals surface area contributed by atoms with Gasteiger partial charge in [0.05, 0.1) is 18.7 Å². The average molecular weight is 420 g/mol. The summed E-state index contributed by atoms with van der Waals surface area (Å²) in [5, 5.41) is 18.7. The van der Waals surface area contributed by atoms with Crippen LogP contribution in [0.4, 0.5) is 4.39 Å². The molecule has 7 heteroatoms. The van der Waals surface area contributed by atoms with E-state index < -0.39 is 25.9 Å². The van der Waals surface area contributed by atoms with Gasteiger partial charge < -0.3 is 14.7 Å². The fraction of sp³-hybridized carbons (Fsp3) is 0.318. The van der Waals surface area contributed by atoms with Crippen molar-refractivity contribution in [2.24, 2.45) is 0 Å². The van der Waals surface area contributed by atoms with Gasteiger partial charge in [-0.2, -0.15) is 0 Å². The minimum atomic E-state index is -3.39. The van der Waals surface area contributed by atoms with E-state index in [4.69, 9.17) is 9.63 Å². The van der Waals surface area contributed by atoms with Gasteiger partial charge in [-0.25, -0.2) is 4.39 Å². The fourth-order valence-electron chi connectivity index (χ4n) is 3.20. The molecule has 0 radical (unpaired) electrons. The molecule has 0 amide bonds. The van der Waals surface area contributed by atoms with Gasteiger partial charge in [-0.05, 0) is 66.8 Å². The zero-order chi connectivity index (χ0) is 21.8.